The topological polar surface area (TPSA) is 100 Å². The molecule has 8 nitrogen and oxygen atoms in total. The van der Waals surface area contributed by atoms with Gasteiger partial charge < -0.3 is 24.3 Å². The zero-order valence-corrected chi connectivity index (χ0v) is 18.7. The first kappa shape index (κ1) is 24.3. The number of ether oxygens (including phenoxy) is 4. The highest BCUT2D eigenvalue weighted by Gasteiger charge is 2.15. The van der Waals surface area contributed by atoms with Crippen LogP contribution in [0.25, 0.3) is 0 Å². The van der Waals surface area contributed by atoms with Gasteiger partial charge in [0.25, 0.3) is 5.91 Å². The molecule has 34 heavy (non-hydrogen) atoms. The quantitative estimate of drug-likeness (QED) is 0.344. The summed E-state index contributed by atoms with van der Waals surface area (Å²) in [6.07, 6.45) is 0. The molecule has 0 unspecified atom stereocenters. The Morgan fingerprint density at radius 1 is 0.765 bits per heavy atom. The molecular formula is C26H25NO7. The molecule has 8 heteroatoms. The number of methoxy groups -OCH3 is 1. The van der Waals surface area contributed by atoms with Gasteiger partial charge in [0.1, 0.15) is 30.3 Å². The van der Waals surface area contributed by atoms with Crippen LogP contribution in [0.3, 0.4) is 0 Å². The second-order valence-electron chi connectivity index (χ2n) is 7.05. The third-order valence-corrected chi connectivity index (χ3v) is 4.66. The summed E-state index contributed by atoms with van der Waals surface area (Å²) < 4.78 is 21.0. The van der Waals surface area contributed by atoms with Crippen LogP contribution in [0, 0.1) is 0 Å². The molecule has 3 aromatic rings. The van der Waals surface area contributed by atoms with E-state index < -0.39 is 24.5 Å². The molecule has 0 radical (unpaired) electrons. The molecule has 0 bridgehead atoms. The van der Waals surface area contributed by atoms with Gasteiger partial charge in [0, 0.05) is 6.54 Å². The van der Waals surface area contributed by atoms with Gasteiger partial charge in [-0.1, -0.05) is 42.5 Å². The van der Waals surface area contributed by atoms with Gasteiger partial charge in [-0.3, -0.25) is 4.79 Å². The van der Waals surface area contributed by atoms with E-state index in [-0.39, 0.29) is 18.7 Å². The molecule has 1 amide bonds. The van der Waals surface area contributed by atoms with E-state index in [1.165, 1.54) is 7.11 Å². The molecule has 0 spiro atoms. The zero-order chi connectivity index (χ0) is 24.2. The van der Waals surface area contributed by atoms with Gasteiger partial charge in [-0.25, -0.2) is 9.59 Å². The third-order valence-electron chi connectivity index (χ3n) is 4.66. The minimum absolute atomic E-state index is 0.216. The smallest absolute Gasteiger partial charge is 0.342 e. The Labute approximate surface area is 197 Å². The zero-order valence-electron chi connectivity index (χ0n) is 18.7. The Balaban J connectivity index is 1.43. The van der Waals surface area contributed by atoms with Crippen LogP contribution in [0.2, 0.25) is 0 Å². The van der Waals surface area contributed by atoms with Crippen molar-refractivity contribution in [3.63, 3.8) is 0 Å². The number of carbonyl (C=O) groups excluding carboxylic acids is 3. The summed E-state index contributed by atoms with van der Waals surface area (Å²) in [5, 5.41) is 2.66. The maximum Gasteiger partial charge on any atom is 0.342 e. The van der Waals surface area contributed by atoms with Gasteiger partial charge in [0.15, 0.2) is 6.61 Å². The van der Waals surface area contributed by atoms with Crippen LogP contribution in [0.5, 0.6) is 11.5 Å². The van der Waals surface area contributed by atoms with E-state index in [9.17, 15) is 14.4 Å². The first-order valence-corrected chi connectivity index (χ1v) is 10.6. The van der Waals surface area contributed by atoms with E-state index in [4.69, 9.17) is 14.2 Å². The average Bonchev–Trinajstić information content (AvgIpc) is 2.89. The van der Waals surface area contributed by atoms with E-state index >= 15 is 0 Å². The molecule has 3 rings (SSSR count). The van der Waals surface area contributed by atoms with Crippen molar-refractivity contribution in [2.24, 2.45) is 0 Å². The Morgan fingerprint density at radius 2 is 1.44 bits per heavy atom. The summed E-state index contributed by atoms with van der Waals surface area (Å²) >= 11 is 0. The maximum absolute atomic E-state index is 12.5. The second kappa shape index (κ2) is 12.6. The van der Waals surface area contributed by atoms with Crippen molar-refractivity contribution in [2.75, 3.05) is 26.9 Å². The van der Waals surface area contributed by atoms with Crippen LogP contribution in [0.15, 0.2) is 78.9 Å². The monoisotopic (exact) mass is 463 g/mol. The van der Waals surface area contributed by atoms with E-state index in [0.717, 1.165) is 11.3 Å². The standard InChI is InChI=1S/C26H25NO7/c1-31-25(29)20-13-11-19(12-14-20)17-27-24(28)18-34-26(30)22-9-5-6-10-23(22)33-16-15-32-21-7-3-2-4-8-21/h2-14H,15-18H2,1H3,(H,27,28). The molecule has 0 aromatic heterocycles. The van der Waals surface area contributed by atoms with Gasteiger partial charge >= 0.3 is 11.9 Å². The Hall–Kier alpha value is -4.33. The molecule has 0 heterocycles. The third kappa shape index (κ3) is 7.37. The number of rotatable bonds is 11. The van der Waals surface area contributed by atoms with Gasteiger partial charge in [-0.2, -0.15) is 0 Å². The number of carbonyl (C=O) groups is 3. The van der Waals surface area contributed by atoms with E-state index in [1.54, 1.807) is 48.5 Å². The molecule has 0 aliphatic carbocycles. The van der Waals surface area contributed by atoms with Crippen molar-refractivity contribution >= 4 is 17.8 Å². The first-order valence-electron chi connectivity index (χ1n) is 10.6. The summed E-state index contributed by atoms with van der Waals surface area (Å²) in [5.41, 5.74) is 1.41. The minimum atomic E-state index is -0.669. The molecule has 1 N–H and O–H groups in total. The molecule has 3 aromatic carbocycles. The van der Waals surface area contributed by atoms with Crippen LogP contribution in [-0.2, 0) is 20.8 Å². The predicted molar refractivity (Wildman–Crippen MR) is 124 cm³/mol. The van der Waals surface area contributed by atoms with Crippen molar-refractivity contribution in [2.45, 2.75) is 6.54 Å². The fourth-order valence-electron chi connectivity index (χ4n) is 2.93. The number of amides is 1. The van der Waals surface area contributed by atoms with Crippen LogP contribution in [0.1, 0.15) is 26.3 Å². The highest BCUT2D eigenvalue weighted by molar-refractivity contribution is 5.94. The van der Waals surface area contributed by atoms with Gasteiger partial charge in [0.05, 0.1) is 12.7 Å². The molecular weight excluding hydrogens is 438 g/mol. The summed E-state index contributed by atoms with van der Waals surface area (Å²) in [5.74, 6) is -0.493. The molecule has 0 saturated heterocycles. The summed E-state index contributed by atoms with van der Waals surface area (Å²) in [6.45, 7) is 0.314. The highest BCUT2D eigenvalue weighted by atomic mass is 16.5. The lowest BCUT2D eigenvalue weighted by molar-refractivity contribution is -0.124. The van der Waals surface area contributed by atoms with Crippen molar-refractivity contribution in [3.05, 3.63) is 95.6 Å². The lowest BCUT2D eigenvalue weighted by atomic mass is 10.1. The molecule has 0 saturated carbocycles. The lowest BCUT2D eigenvalue weighted by Gasteiger charge is -2.12. The van der Waals surface area contributed by atoms with E-state index in [0.29, 0.717) is 17.9 Å². The highest BCUT2D eigenvalue weighted by Crippen LogP contribution is 2.19. The normalized spacial score (nSPS) is 10.1. The van der Waals surface area contributed by atoms with Gasteiger partial charge in [0.2, 0.25) is 0 Å². The Kier molecular flexibility index (Phi) is 9.04. The lowest BCUT2D eigenvalue weighted by Crippen LogP contribution is -2.28. The average molecular weight is 463 g/mol. The van der Waals surface area contributed by atoms with Crippen molar-refractivity contribution in [3.8, 4) is 11.5 Å². The number of esters is 2. The fourth-order valence-corrected chi connectivity index (χ4v) is 2.93. The van der Waals surface area contributed by atoms with Crippen LogP contribution in [-0.4, -0.2) is 44.8 Å². The number of para-hydroxylation sites is 2. The number of hydrogen-bond acceptors (Lipinski definition) is 7. The first-order chi connectivity index (χ1) is 16.6. The molecule has 0 atom stereocenters. The Morgan fingerprint density at radius 3 is 2.18 bits per heavy atom. The van der Waals surface area contributed by atoms with Gasteiger partial charge in [-0.15, -0.1) is 0 Å². The molecule has 0 aliphatic rings. The van der Waals surface area contributed by atoms with E-state index in [1.807, 2.05) is 30.3 Å². The van der Waals surface area contributed by atoms with Crippen molar-refractivity contribution in [1.82, 2.24) is 5.32 Å². The van der Waals surface area contributed by atoms with Gasteiger partial charge in [-0.05, 0) is 42.0 Å². The molecule has 0 aliphatic heterocycles. The maximum atomic E-state index is 12.5. The number of benzene rings is 3. The number of hydrogen-bond donors (Lipinski definition) is 1. The Bertz CT molecular complexity index is 1100. The summed E-state index contributed by atoms with van der Waals surface area (Å²) in [7, 11) is 1.31. The van der Waals surface area contributed by atoms with Crippen LogP contribution in [0.4, 0.5) is 0 Å². The van der Waals surface area contributed by atoms with Crippen LogP contribution < -0.4 is 14.8 Å². The number of nitrogens with one attached hydrogen (secondary N) is 1. The molecule has 0 fully saturated rings. The van der Waals surface area contributed by atoms with Crippen LogP contribution >= 0.6 is 0 Å². The molecule has 176 valence electrons. The van der Waals surface area contributed by atoms with E-state index in [2.05, 4.69) is 10.1 Å². The fraction of sp³-hybridized carbons (Fsp3) is 0.192. The predicted octanol–water partition coefficient (Wildman–Crippen LogP) is 3.40. The minimum Gasteiger partial charge on any atom is -0.490 e. The summed E-state index contributed by atoms with van der Waals surface area (Å²) in [4.78, 5) is 36.0. The largest absolute Gasteiger partial charge is 0.490 e. The second-order valence-corrected chi connectivity index (χ2v) is 7.05. The van der Waals surface area contributed by atoms with Crippen molar-refractivity contribution in [1.29, 1.82) is 0 Å². The summed E-state index contributed by atoms with van der Waals surface area (Å²) in [6, 6.07) is 22.6. The SMILES string of the molecule is COC(=O)c1ccc(CNC(=O)COC(=O)c2ccccc2OCCOc2ccccc2)cc1. The van der Waals surface area contributed by atoms with Crippen molar-refractivity contribution < 1.29 is 33.3 Å².